The molecule has 0 aromatic carbocycles. The summed E-state index contributed by atoms with van der Waals surface area (Å²) in [5.74, 6) is 0.540. The molecule has 0 bridgehead atoms. The second-order valence-corrected chi connectivity index (χ2v) is 6.40. The van der Waals surface area contributed by atoms with E-state index in [-0.39, 0.29) is 5.91 Å². The largest absolute Gasteiger partial charge is 0.379 e. The zero-order valence-electron chi connectivity index (χ0n) is 12.2. The van der Waals surface area contributed by atoms with Crippen molar-refractivity contribution < 1.29 is 9.53 Å². The number of carbonyl (C=O) groups excluding carboxylic acids is 1. The Morgan fingerprint density at radius 1 is 1.50 bits per heavy atom. The van der Waals surface area contributed by atoms with E-state index in [4.69, 9.17) is 4.74 Å². The molecule has 20 heavy (non-hydrogen) atoms. The Morgan fingerprint density at radius 3 is 2.95 bits per heavy atom. The van der Waals surface area contributed by atoms with Gasteiger partial charge in [0.15, 0.2) is 0 Å². The Morgan fingerprint density at radius 2 is 2.25 bits per heavy atom. The van der Waals surface area contributed by atoms with Gasteiger partial charge in [-0.25, -0.2) is 4.98 Å². The highest BCUT2D eigenvalue weighted by molar-refractivity contribution is 7.09. The summed E-state index contributed by atoms with van der Waals surface area (Å²) in [6, 6.07) is 0. The van der Waals surface area contributed by atoms with Gasteiger partial charge in [0.05, 0.1) is 19.8 Å². The molecule has 0 radical (unpaired) electrons. The van der Waals surface area contributed by atoms with Gasteiger partial charge in [0, 0.05) is 25.0 Å². The third-order valence-electron chi connectivity index (χ3n) is 3.25. The summed E-state index contributed by atoms with van der Waals surface area (Å²) in [5.41, 5.74) is 0.544. The second kappa shape index (κ2) is 7.71. The number of aromatic nitrogens is 1. The minimum atomic E-state index is -0.0601. The summed E-state index contributed by atoms with van der Waals surface area (Å²) >= 11 is 1.56. The van der Waals surface area contributed by atoms with Crippen molar-refractivity contribution in [3.05, 3.63) is 16.1 Å². The van der Waals surface area contributed by atoms with E-state index in [0.717, 1.165) is 44.3 Å². The molecule has 6 heteroatoms. The summed E-state index contributed by atoms with van der Waals surface area (Å²) in [5, 5.41) is 5.77. The van der Waals surface area contributed by atoms with Crippen molar-refractivity contribution in [3.63, 3.8) is 0 Å². The van der Waals surface area contributed by atoms with Crippen molar-refractivity contribution >= 4 is 17.2 Å². The van der Waals surface area contributed by atoms with E-state index in [9.17, 15) is 4.79 Å². The second-order valence-electron chi connectivity index (χ2n) is 5.45. The first kappa shape index (κ1) is 15.4. The van der Waals surface area contributed by atoms with Gasteiger partial charge >= 0.3 is 0 Å². The van der Waals surface area contributed by atoms with E-state index >= 15 is 0 Å². The smallest absolute Gasteiger partial charge is 0.270 e. The molecule has 112 valence electrons. The van der Waals surface area contributed by atoms with Gasteiger partial charge in [-0.2, -0.15) is 0 Å². The molecule has 0 aliphatic carbocycles. The molecule has 1 aliphatic heterocycles. The molecular weight excluding hydrogens is 274 g/mol. The van der Waals surface area contributed by atoms with E-state index < -0.39 is 0 Å². The fourth-order valence-electron chi connectivity index (χ4n) is 2.00. The summed E-state index contributed by atoms with van der Waals surface area (Å²) in [6.07, 6.45) is 0.997. The fraction of sp³-hybridized carbons (Fsp3) is 0.714. The molecule has 1 aliphatic rings. The number of carbonyl (C=O) groups is 1. The highest BCUT2D eigenvalue weighted by Crippen LogP contribution is 2.13. The van der Waals surface area contributed by atoms with Gasteiger partial charge in [0.1, 0.15) is 10.7 Å². The van der Waals surface area contributed by atoms with Crippen molar-refractivity contribution in [2.45, 2.75) is 26.8 Å². The molecule has 0 saturated carbocycles. The monoisotopic (exact) mass is 297 g/mol. The maximum atomic E-state index is 11.9. The van der Waals surface area contributed by atoms with Gasteiger partial charge in [-0.3, -0.25) is 9.69 Å². The van der Waals surface area contributed by atoms with Crippen LogP contribution in [0.5, 0.6) is 0 Å². The molecule has 1 N–H and O–H groups in total. The van der Waals surface area contributed by atoms with E-state index in [0.29, 0.717) is 18.2 Å². The molecule has 1 aromatic heterocycles. The summed E-state index contributed by atoms with van der Waals surface area (Å²) in [6.45, 7) is 9.28. The van der Waals surface area contributed by atoms with E-state index in [2.05, 4.69) is 29.0 Å². The molecule has 1 saturated heterocycles. The normalized spacial score (nSPS) is 16.6. The van der Waals surface area contributed by atoms with Crippen molar-refractivity contribution in [2.75, 3.05) is 32.8 Å². The number of hydrogen-bond acceptors (Lipinski definition) is 5. The summed E-state index contributed by atoms with van der Waals surface area (Å²) < 4.78 is 5.32. The first-order chi connectivity index (χ1) is 9.65. The molecule has 0 atom stereocenters. The van der Waals surface area contributed by atoms with Crippen molar-refractivity contribution in [1.82, 2.24) is 15.2 Å². The minimum absolute atomic E-state index is 0.0601. The molecule has 0 spiro atoms. The molecule has 2 heterocycles. The lowest BCUT2D eigenvalue weighted by molar-refractivity contribution is 0.0341. The Labute approximate surface area is 124 Å². The van der Waals surface area contributed by atoms with E-state index in [1.54, 1.807) is 11.3 Å². The first-order valence-electron chi connectivity index (χ1n) is 7.18. The predicted molar refractivity (Wildman–Crippen MR) is 80.0 cm³/mol. The van der Waals surface area contributed by atoms with Crippen LogP contribution >= 0.6 is 11.3 Å². The Balaban J connectivity index is 1.80. The summed E-state index contributed by atoms with van der Waals surface area (Å²) in [7, 11) is 0. The molecule has 1 amide bonds. The Hall–Kier alpha value is -0.980. The minimum Gasteiger partial charge on any atom is -0.379 e. The zero-order chi connectivity index (χ0) is 14.4. The molecule has 5 nitrogen and oxygen atoms in total. The van der Waals surface area contributed by atoms with Gasteiger partial charge < -0.3 is 10.1 Å². The number of nitrogens with one attached hydrogen (secondary N) is 1. The quantitative estimate of drug-likeness (QED) is 0.869. The number of thiazole rings is 1. The van der Waals surface area contributed by atoms with E-state index in [1.807, 2.05) is 5.38 Å². The third-order valence-corrected chi connectivity index (χ3v) is 4.09. The maximum Gasteiger partial charge on any atom is 0.270 e. The standard InChI is InChI=1S/C14H23N3O2S/c1-11(2)3-4-15-14(18)12-10-20-13(16-12)9-17-5-7-19-8-6-17/h10-11H,3-9H2,1-2H3,(H,15,18). The lowest BCUT2D eigenvalue weighted by Crippen LogP contribution is -2.35. The predicted octanol–water partition coefficient (Wildman–Crippen LogP) is 1.75. The third kappa shape index (κ3) is 4.85. The Kier molecular flexibility index (Phi) is 5.94. The van der Waals surface area contributed by atoms with Gasteiger partial charge in [0.25, 0.3) is 5.91 Å². The molecular formula is C14H23N3O2S. The maximum absolute atomic E-state index is 11.9. The molecule has 1 aromatic rings. The van der Waals surface area contributed by atoms with Crippen LogP contribution < -0.4 is 5.32 Å². The Bertz CT molecular complexity index is 428. The topological polar surface area (TPSA) is 54.5 Å². The van der Waals surface area contributed by atoms with Crippen LogP contribution in [-0.2, 0) is 11.3 Å². The van der Waals surface area contributed by atoms with Crippen LogP contribution in [0.4, 0.5) is 0 Å². The zero-order valence-corrected chi connectivity index (χ0v) is 13.0. The average Bonchev–Trinajstić information content (AvgIpc) is 2.88. The van der Waals surface area contributed by atoms with Gasteiger partial charge in [-0.15, -0.1) is 11.3 Å². The lowest BCUT2D eigenvalue weighted by atomic mass is 10.1. The van der Waals surface area contributed by atoms with Crippen LogP contribution in [0.3, 0.4) is 0 Å². The highest BCUT2D eigenvalue weighted by Gasteiger charge is 2.15. The van der Waals surface area contributed by atoms with Crippen LogP contribution in [0, 0.1) is 5.92 Å². The van der Waals surface area contributed by atoms with Crippen molar-refractivity contribution in [3.8, 4) is 0 Å². The fourth-order valence-corrected chi connectivity index (χ4v) is 2.82. The SMILES string of the molecule is CC(C)CCNC(=O)c1csc(CN2CCOCC2)n1. The van der Waals surface area contributed by atoms with Gasteiger partial charge in [0.2, 0.25) is 0 Å². The van der Waals surface area contributed by atoms with Crippen LogP contribution in [0.1, 0.15) is 35.8 Å². The van der Waals surface area contributed by atoms with E-state index in [1.165, 1.54) is 0 Å². The van der Waals surface area contributed by atoms with Crippen molar-refractivity contribution in [2.24, 2.45) is 5.92 Å². The number of nitrogens with zero attached hydrogens (tertiary/aromatic N) is 2. The van der Waals surface area contributed by atoms with Crippen LogP contribution in [0.2, 0.25) is 0 Å². The van der Waals surface area contributed by atoms with Gasteiger partial charge in [-0.05, 0) is 12.3 Å². The number of rotatable bonds is 6. The number of hydrogen-bond donors (Lipinski definition) is 1. The van der Waals surface area contributed by atoms with Crippen LogP contribution in [-0.4, -0.2) is 48.6 Å². The number of morpholine rings is 1. The molecule has 0 unspecified atom stereocenters. The molecule has 1 fully saturated rings. The van der Waals surface area contributed by atoms with Crippen molar-refractivity contribution in [1.29, 1.82) is 0 Å². The summed E-state index contributed by atoms with van der Waals surface area (Å²) in [4.78, 5) is 18.7. The molecule has 2 rings (SSSR count). The van der Waals surface area contributed by atoms with Crippen LogP contribution in [0.25, 0.3) is 0 Å². The lowest BCUT2D eigenvalue weighted by Gasteiger charge is -2.25. The van der Waals surface area contributed by atoms with Gasteiger partial charge in [-0.1, -0.05) is 13.8 Å². The first-order valence-corrected chi connectivity index (χ1v) is 8.06. The number of amides is 1. The highest BCUT2D eigenvalue weighted by atomic mass is 32.1. The average molecular weight is 297 g/mol. The van der Waals surface area contributed by atoms with Crippen LogP contribution in [0.15, 0.2) is 5.38 Å². The number of ether oxygens (including phenoxy) is 1.